The smallest absolute Gasteiger partial charge is 0.306 e. The molecule has 6 heteroatoms. The summed E-state index contributed by atoms with van der Waals surface area (Å²) in [6.07, 6.45) is 76.5. The van der Waals surface area contributed by atoms with Gasteiger partial charge in [0.2, 0.25) is 0 Å². The Morgan fingerprint density at radius 3 is 0.806 bits per heavy atom. The van der Waals surface area contributed by atoms with E-state index in [0.29, 0.717) is 19.3 Å². The van der Waals surface area contributed by atoms with Crippen molar-refractivity contribution in [1.29, 1.82) is 0 Å². The summed E-state index contributed by atoms with van der Waals surface area (Å²) in [6, 6.07) is 0. The van der Waals surface area contributed by atoms with E-state index in [0.717, 1.165) is 96.3 Å². The van der Waals surface area contributed by atoms with E-state index in [4.69, 9.17) is 14.2 Å². The lowest BCUT2D eigenvalue weighted by Gasteiger charge is -2.18. The second-order valence-electron chi connectivity index (χ2n) is 21.0. The minimum Gasteiger partial charge on any atom is -0.462 e. The van der Waals surface area contributed by atoms with Crippen molar-refractivity contribution in [2.45, 2.75) is 329 Å². The summed E-state index contributed by atoms with van der Waals surface area (Å²) in [5.41, 5.74) is 0. The Bertz CT molecular complexity index is 1290. The summed E-state index contributed by atoms with van der Waals surface area (Å²) in [7, 11) is 0. The van der Waals surface area contributed by atoms with E-state index in [2.05, 4.69) is 81.5 Å². The Labute approximate surface area is 447 Å². The molecule has 418 valence electrons. The molecule has 0 amide bonds. The standard InChI is InChI=1S/C66H118O6/c1-4-7-10-13-16-19-22-25-28-29-30-31-32-33-34-35-36-37-39-41-44-47-50-53-56-59-65(68)71-62-63(61-70-64(67)58-55-52-49-46-43-40-27-24-21-18-15-12-9-6-3)72-66(69)60-57-54-51-48-45-42-38-26-23-20-17-14-11-8-5-2/h17,20,22,25-26,29-30,32-33,38,63H,4-16,18-19,21,23-24,27-28,31,34-37,39-62H2,1-3H3/b20-17-,25-22-,30-29-,33-32-,38-26-. The first kappa shape index (κ1) is 69.1. The first-order valence-corrected chi connectivity index (χ1v) is 31.3. The molecule has 0 radical (unpaired) electrons. The van der Waals surface area contributed by atoms with Crippen LogP contribution in [0.2, 0.25) is 0 Å². The van der Waals surface area contributed by atoms with E-state index in [-0.39, 0.29) is 31.1 Å². The number of ether oxygens (including phenoxy) is 3. The van der Waals surface area contributed by atoms with Gasteiger partial charge in [-0.3, -0.25) is 14.4 Å². The highest BCUT2D eigenvalue weighted by Crippen LogP contribution is 2.16. The van der Waals surface area contributed by atoms with Crippen LogP contribution in [0.3, 0.4) is 0 Å². The number of carbonyl (C=O) groups is 3. The molecule has 0 bridgehead atoms. The van der Waals surface area contributed by atoms with Crippen molar-refractivity contribution in [2.24, 2.45) is 0 Å². The highest BCUT2D eigenvalue weighted by atomic mass is 16.6. The Balaban J connectivity index is 4.30. The first-order chi connectivity index (χ1) is 35.5. The molecule has 0 aliphatic carbocycles. The van der Waals surface area contributed by atoms with Crippen LogP contribution in [-0.4, -0.2) is 37.2 Å². The summed E-state index contributed by atoms with van der Waals surface area (Å²) in [5.74, 6) is -0.881. The van der Waals surface area contributed by atoms with Crippen molar-refractivity contribution in [1.82, 2.24) is 0 Å². The van der Waals surface area contributed by atoms with Gasteiger partial charge in [-0.05, 0) is 89.9 Å². The lowest BCUT2D eigenvalue weighted by molar-refractivity contribution is -0.167. The van der Waals surface area contributed by atoms with Gasteiger partial charge in [0.15, 0.2) is 6.10 Å². The van der Waals surface area contributed by atoms with Gasteiger partial charge in [0.1, 0.15) is 13.2 Å². The van der Waals surface area contributed by atoms with Gasteiger partial charge >= 0.3 is 17.9 Å². The normalized spacial score (nSPS) is 12.4. The summed E-state index contributed by atoms with van der Waals surface area (Å²) in [4.78, 5) is 38.2. The van der Waals surface area contributed by atoms with Gasteiger partial charge < -0.3 is 14.2 Å². The number of unbranched alkanes of at least 4 members (excludes halogenated alkanes) is 36. The van der Waals surface area contributed by atoms with E-state index in [9.17, 15) is 14.4 Å². The Morgan fingerprint density at radius 2 is 0.500 bits per heavy atom. The zero-order chi connectivity index (χ0) is 52.2. The average Bonchev–Trinajstić information content (AvgIpc) is 3.38. The molecule has 1 atom stereocenters. The fourth-order valence-electron chi connectivity index (χ4n) is 9.01. The maximum absolute atomic E-state index is 12.9. The van der Waals surface area contributed by atoms with Crippen LogP contribution < -0.4 is 0 Å². The molecule has 0 N–H and O–H groups in total. The third kappa shape index (κ3) is 58.0. The number of esters is 3. The Hall–Kier alpha value is -2.89. The van der Waals surface area contributed by atoms with Gasteiger partial charge in [-0.15, -0.1) is 0 Å². The molecule has 0 aromatic carbocycles. The molecule has 0 saturated carbocycles. The van der Waals surface area contributed by atoms with Crippen molar-refractivity contribution in [3.63, 3.8) is 0 Å². The van der Waals surface area contributed by atoms with Crippen molar-refractivity contribution >= 4 is 17.9 Å². The van der Waals surface area contributed by atoms with Crippen molar-refractivity contribution < 1.29 is 28.6 Å². The van der Waals surface area contributed by atoms with Gasteiger partial charge in [-0.1, -0.05) is 274 Å². The average molecular weight is 1010 g/mol. The second-order valence-corrected chi connectivity index (χ2v) is 21.0. The minimum absolute atomic E-state index is 0.0781. The molecule has 0 saturated heterocycles. The Kier molecular flexibility index (Phi) is 58.2. The molecule has 0 rings (SSSR count). The van der Waals surface area contributed by atoms with Crippen molar-refractivity contribution in [3.05, 3.63) is 60.8 Å². The van der Waals surface area contributed by atoms with Gasteiger partial charge in [-0.25, -0.2) is 0 Å². The van der Waals surface area contributed by atoms with Crippen LogP contribution in [0.5, 0.6) is 0 Å². The zero-order valence-electron chi connectivity index (χ0n) is 47.9. The number of allylic oxidation sites excluding steroid dienone is 10. The van der Waals surface area contributed by atoms with Crippen molar-refractivity contribution in [2.75, 3.05) is 13.2 Å². The maximum atomic E-state index is 12.9. The molecular formula is C66H118O6. The van der Waals surface area contributed by atoms with Crippen LogP contribution in [0, 0.1) is 0 Å². The first-order valence-electron chi connectivity index (χ1n) is 31.3. The van der Waals surface area contributed by atoms with Crippen LogP contribution in [-0.2, 0) is 28.6 Å². The third-order valence-electron chi connectivity index (χ3n) is 13.7. The SMILES string of the molecule is CCCCC/C=C\C/C=C\CCCCCCCC(=O)OC(COC(=O)CCCCCCCCCCCC/C=C\C/C=C\C/C=C\CCCCCCC)COC(=O)CCCCCCCCCCCCCCCC. The number of rotatable bonds is 57. The second kappa shape index (κ2) is 60.7. The largest absolute Gasteiger partial charge is 0.462 e. The summed E-state index contributed by atoms with van der Waals surface area (Å²) in [5, 5.41) is 0. The van der Waals surface area contributed by atoms with E-state index in [1.807, 2.05) is 0 Å². The van der Waals surface area contributed by atoms with E-state index in [1.54, 1.807) is 0 Å². The Morgan fingerprint density at radius 1 is 0.278 bits per heavy atom. The molecule has 0 heterocycles. The van der Waals surface area contributed by atoms with Crippen molar-refractivity contribution in [3.8, 4) is 0 Å². The van der Waals surface area contributed by atoms with Crippen LogP contribution in [0.25, 0.3) is 0 Å². The van der Waals surface area contributed by atoms with Gasteiger partial charge in [0.25, 0.3) is 0 Å². The highest BCUT2D eigenvalue weighted by molar-refractivity contribution is 5.71. The molecule has 0 aromatic heterocycles. The molecule has 0 aliphatic heterocycles. The summed E-state index contributed by atoms with van der Waals surface area (Å²) >= 11 is 0. The topological polar surface area (TPSA) is 78.9 Å². The third-order valence-corrected chi connectivity index (χ3v) is 13.7. The summed E-state index contributed by atoms with van der Waals surface area (Å²) < 4.78 is 16.9. The lowest BCUT2D eigenvalue weighted by Crippen LogP contribution is -2.30. The fraction of sp³-hybridized carbons (Fsp3) is 0.803. The molecule has 6 nitrogen and oxygen atoms in total. The van der Waals surface area contributed by atoms with E-state index < -0.39 is 6.10 Å². The highest BCUT2D eigenvalue weighted by Gasteiger charge is 2.19. The van der Waals surface area contributed by atoms with Crippen LogP contribution >= 0.6 is 0 Å². The zero-order valence-corrected chi connectivity index (χ0v) is 47.9. The van der Waals surface area contributed by atoms with E-state index in [1.165, 1.54) is 186 Å². The lowest BCUT2D eigenvalue weighted by atomic mass is 10.0. The minimum atomic E-state index is -0.782. The van der Waals surface area contributed by atoms with Crippen LogP contribution in [0.4, 0.5) is 0 Å². The molecule has 0 fully saturated rings. The van der Waals surface area contributed by atoms with Crippen LogP contribution in [0.15, 0.2) is 60.8 Å². The quantitative estimate of drug-likeness (QED) is 0.0261. The number of carbonyl (C=O) groups excluding carboxylic acids is 3. The molecule has 0 spiro atoms. The maximum Gasteiger partial charge on any atom is 0.306 e. The molecule has 0 aliphatic rings. The molecular weight excluding hydrogens is 889 g/mol. The molecule has 72 heavy (non-hydrogen) atoms. The van der Waals surface area contributed by atoms with Crippen LogP contribution in [0.1, 0.15) is 323 Å². The number of hydrogen-bond donors (Lipinski definition) is 0. The van der Waals surface area contributed by atoms with Gasteiger partial charge in [0.05, 0.1) is 0 Å². The fourth-order valence-corrected chi connectivity index (χ4v) is 9.01. The number of hydrogen-bond acceptors (Lipinski definition) is 6. The van der Waals surface area contributed by atoms with Gasteiger partial charge in [0, 0.05) is 19.3 Å². The predicted molar refractivity (Wildman–Crippen MR) is 312 cm³/mol. The molecule has 1 unspecified atom stereocenters. The van der Waals surface area contributed by atoms with E-state index >= 15 is 0 Å². The summed E-state index contributed by atoms with van der Waals surface area (Å²) in [6.45, 7) is 6.62. The monoisotopic (exact) mass is 1010 g/mol. The van der Waals surface area contributed by atoms with Gasteiger partial charge in [-0.2, -0.15) is 0 Å². The molecule has 0 aromatic rings. The predicted octanol–water partition coefficient (Wildman–Crippen LogP) is 21.2.